The number of allylic oxidation sites excluding steroid dienone is 1. The maximum Gasteiger partial charge on any atom is 0.416 e. The summed E-state index contributed by atoms with van der Waals surface area (Å²) in [5.74, 6) is -0.986. The molecule has 5 aromatic rings. The van der Waals surface area contributed by atoms with E-state index >= 15 is 0 Å². The number of nitro groups is 1. The second-order valence-electron chi connectivity index (χ2n) is 18.3. The van der Waals surface area contributed by atoms with Gasteiger partial charge in [-0.15, -0.1) is 0 Å². The molecule has 372 valence electrons. The van der Waals surface area contributed by atoms with Gasteiger partial charge in [0.2, 0.25) is 5.91 Å². The number of hydrogen-bond donors (Lipinski definition) is 3. The van der Waals surface area contributed by atoms with Gasteiger partial charge in [0, 0.05) is 93.9 Å². The number of morpholine rings is 1. The number of nitrogens with one attached hydrogen (secondary N) is 3. The van der Waals surface area contributed by atoms with Crippen LogP contribution < -0.4 is 19.7 Å². The molecule has 22 heteroatoms. The molecular formula is C48H52ClF3N8O9S. The lowest BCUT2D eigenvalue weighted by atomic mass is 9.72. The molecule has 1 aliphatic carbocycles. The number of aromatic nitrogens is 2. The normalized spacial score (nSPS) is 18.0. The van der Waals surface area contributed by atoms with Crippen LogP contribution in [0.1, 0.15) is 54.6 Å². The molecule has 0 radical (unpaired) electrons. The SMILES string of the molecule is COCC(=O)N1CCO[C@@H](CNc2ccc(S(=O)(=O)NC(=O)c3ccc(N4CCN(CC5=C(c6ccc(C(F)(F)F)cc6Cl)CC(C)(C)CC5)CC4)cc3Oc3cnc4[nH]ccc4c3)cc2[N+](=O)[O-])C1. The van der Waals surface area contributed by atoms with E-state index in [9.17, 15) is 41.3 Å². The summed E-state index contributed by atoms with van der Waals surface area (Å²) in [5.41, 5.74) is 2.46. The Morgan fingerprint density at radius 2 is 1.83 bits per heavy atom. The number of rotatable bonds is 15. The van der Waals surface area contributed by atoms with Gasteiger partial charge < -0.3 is 34.3 Å². The Labute approximate surface area is 407 Å². The predicted octanol–water partition coefficient (Wildman–Crippen LogP) is 8.13. The first-order valence-electron chi connectivity index (χ1n) is 22.5. The monoisotopic (exact) mass is 1010 g/mol. The van der Waals surface area contributed by atoms with E-state index in [4.69, 9.17) is 25.8 Å². The Morgan fingerprint density at radius 1 is 1.04 bits per heavy atom. The van der Waals surface area contributed by atoms with Gasteiger partial charge in [0.05, 0.1) is 39.9 Å². The summed E-state index contributed by atoms with van der Waals surface area (Å²) in [7, 11) is -3.28. The van der Waals surface area contributed by atoms with Gasteiger partial charge in [-0.25, -0.2) is 18.1 Å². The number of halogens is 4. The molecule has 4 heterocycles. The molecule has 3 aromatic carbocycles. The summed E-state index contributed by atoms with van der Waals surface area (Å²) in [5, 5.41) is 15.9. The van der Waals surface area contributed by atoms with Crippen LogP contribution in [0.4, 0.5) is 30.2 Å². The number of carbonyl (C=O) groups excluding carboxylic acids is 2. The number of alkyl halides is 3. The highest BCUT2D eigenvalue weighted by Crippen LogP contribution is 2.46. The smallest absolute Gasteiger partial charge is 0.416 e. The van der Waals surface area contributed by atoms with Crippen LogP contribution in [0.3, 0.4) is 0 Å². The molecule has 1 atom stereocenters. The number of hydrogen-bond acceptors (Lipinski definition) is 13. The van der Waals surface area contributed by atoms with Gasteiger partial charge in [0.25, 0.3) is 21.6 Å². The lowest BCUT2D eigenvalue weighted by Gasteiger charge is -2.39. The molecule has 2 fully saturated rings. The van der Waals surface area contributed by atoms with Crippen LogP contribution in [-0.4, -0.2) is 124 Å². The number of nitrogens with zero attached hydrogens (tertiary/aromatic N) is 5. The van der Waals surface area contributed by atoms with E-state index in [1.165, 1.54) is 31.5 Å². The van der Waals surface area contributed by atoms with Crippen LogP contribution in [0.2, 0.25) is 5.02 Å². The van der Waals surface area contributed by atoms with Crippen molar-refractivity contribution >= 4 is 67.1 Å². The Balaban J connectivity index is 0.988. The predicted molar refractivity (Wildman–Crippen MR) is 257 cm³/mol. The van der Waals surface area contributed by atoms with Gasteiger partial charge in [0.1, 0.15) is 29.4 Å². The second-order valence-corrected chi connectivity index (χ2v) is 20.4. The van der Waals surface area contributed by atoms with E-state index in [-0.39, 0.29) is 65.4 Å². The molecule has 70 heavy (non-hydrogen) atoms. The molecule has 0 saturated carbocycles. The quantitative estimate of drug-likeness (QED) is 0.0671. The van der Waals surface area contributed by atoms with Crippen LogP contribution >= 0.6 is 11.6 Å². The topological polar surface area (TPSA) is 202 Å². The third-order valence-corrected chi connectivity index (χ3v) is 14.4. The third-order valence-electron chi connectivity index (χ3n) is 12.8. The number of anilines is 2. The molecule has 0 unspecified atom stereocenters. The van der Waals surface area contributed by atoms with Crippen molar-refractivity contribution < 1.29 is 50.3 Å². The highest BCUT2D eigenvalue weighted by atomic mass is 35.5. The first-order valence-corrected chi connectivity index (χ1v) is 24.4. The number of benzene rings is 3. The molecular weight excluding hydrogens is 957 g/mol. The maximum absolute atomic E-state index is 14.0. The molecule has 17 nitrogen and oxygen atoms in total. The Hall–Kier alpha value is -6.26. The van der Waals surface area contributed by atoms with Crippen LogP contribution in [0, 0.1) is 15.5 Å². The highest BCUT2D eigenvalue weighted by molar-refractivity contribution is 7.90. The summed E-state index contributed by atoms with van der Waals surface area (Å²) >= 11 is 6.54. The molecule has 2 aromatic heterocycles. The summed E-state index contributed by atoms with van der Waals surface area (Å²) in [6, 6.07) is 15.0. The zero-order valence-corrected chi connectivity index (χ0v) is 40.2. The van der Waals surface area contributed by atoms with Crippen molar-refractivity contribution in [1.82, 2.24) is 24.5 Å². The molecule has 2 amide bonds. The van der Waals surface area contributed by atoms with Gasteiger partial charge in [-0.05, 0) is 84.3 Å². The van der Waals surface area contributed by atoms with E-state index in [0.29, 0.717) is 62.6 Å². The van der Waals surface area contributed by atoms with Crippen LogP contribution in [0.25, 0.3) is 16.6 Å². The highest BCUT2D eigenvalue weighted by Gasteiger charge is 2.34. The van der Waals surface area contributed by atoms with Crippen molar-refractivity contribution in [3.8, 4) is 11.5 Å². The number of methoxy groups -OCH3 is 1. The van der Waals surface area contributed by atoms with Gasteiger partial charge >= 0.3 is 6.18 Å². The van der Waals surface area contributed by atoms with E-state index in [1.807, 2.05) is 0 Å². The molecule has 8 rings (SSSR count). The van der Waals surface area contributed by atoms with Crippen molar-refractivity contribution in [3.05, 3.63) is 117 Å². The number of pyridine rings is 1. The molecule has 3 N–H and O–H groups in total. The van der Waals surface area contributed by atoms with Crippen molar-refractivity contribution in [2.75, 3.05) is 82.9 Å². The second kappa shape index (κ2) is 20.6. The number of aromatic amines is 1. The van der Waals surface area contributed by atoms with Gasteiger partial charge in [-0.1, -0.05) is 37.1 Å². The summed E-state index contributed by atoms with van der Waals surface area (Å²) in [6.45, 7) is 8.11. The lowest BCUT2D eigenvalue weighted by molar-refractivity contribution is -0.384. The van der Waals surface area contributed by atoms with E-state index < -0.39 is 49.3 Å². The number of ether oxygens (including phenoxy) is 3. The maximum atomic E-state index is 14.0. The number of H-pyrrole nitrogens is 1. The Kier molecular flexibility index (Phi) is 14.8. The van der Waals surface area contributed by atoms with Crippen LogP contribution in [0.15, 0.2) is 89.6 Å². The van der Waals surface area contributed by atoms with Gasteiger partial charge in [-0.3, -0.25) is 24.6 Å². The Bertz CT molecular complexity index is 2940. The molecule has 0 spiro atoms. The summed E-state index contributed by atoms with van der Waals surface area (Å²) in [6.07, 6.45) is 0.517. The summed E-state index contributed by atoms with van der Waals surface area (Å²) in [4.78, 5) is 50.6. The zero-order valence-electron chi connectivity index (χ0n) is 38.6. The van der Waals surface area contributed by atoms with E-state index in [2.05, 4.69) is 43.7 Å². The number of amides is 2. The first kappa shape index (κ1) is 50.1. The fraction of sp³-hybridized carbons (Fsp3) is 0.396. The number of carbonyl (C=O) groups is 2. The fourth-order valence-electron chi connectivity index (χ4n) is 8.97. The first-order chi connectivity index (χ1) is 33.3. The standard InChI is InChI=1S/C48H52ClF3N8O9S/c1-47(2)12-10-31(39(24-47)37-7-4-32(21-40(37)49)48(50,51)52)27-57-14-16-58(17-15-57)33-5-8-38(43(22-33)69-34-20-30-11-13-53-45(30)55-25-34)46(62)56-70(65,66)36-6-9-41(42(23-36)60(63)64)54-26-35-28-59(18-19-68-35)44(61)29-67-3/h4-9,11,13,20-23,25,35,54H,10,12,14-19,24,26-29H2,1-3H3,(H,53,55)(H,56,62)/t35-/m0/s1. The van der Waals surface area contributed by atoms with Gasteiger partial charge in [0.15, 0.2) is 0 Å². The largest absolute Gasteiger partial charge is 0.455 e. The van der Waals surface area contributed by atoms with E-state index in [1.54, 1.807) is 35.4 Å². The minimum absolute atomic E-state index is 0.00209. The molecule has 2 saturated heterocycles. The molecule has 3 aliphatic rings. The van der Waals surface area contributed by atoms with Crippen molar-refractivity contribution in [2.45, 2.75) is 50.3 Å². The minimum atomic E-state index is -4.69. The van der Waals surface area contributed by atoms with Gasteiger partial charge in [-0.2, -0.15) is 13.2 Å². The molecule has 2 aliphatic heterocycles. The van der Waals surface area contributed by atoms with Crippen molar-refractivity contribution in [3.63, 3.8) is 0 Å². The summed E-state index contributed by atoms with van der Waals surface area (Å²) < 4.78 is 87.1. The fourth-order valence-corrected chi connectivity index (χ4v) is 10.2. The number of fused-ring (bicyclic) bond motifs is 1. The number of nitro benzene ring substituents is 1. The number of sulfonamides is 1. The van der Waals surface area contributed by atoms with E-state index in [0.717, 1.165) is 53.6 Å². The Morgan fingerprint density at radius 3 is 2.56 bits per heavy atom. The lowest BCUT2D eigenvalue weighted by Crippen LogP contribution is -2.48. The average molecular weight is 1010 g/mol. The average Bonchev–Trinajstić information content (AvgIpc) is 3.79. The zero-order chi connectivity index (χ0) is 50.0. The van der Waals surface area contributed by atoms with Crippen LogP contribution in [-0.2, 0) is 30.5 Å². The van der Waals surface area contributed by atoms with Crippen molar-refractivity contribution in [1.29, 1.82) is 0 Å². The number of piperazine rings is 1. The minimum Gasteiger partial charge on any atom is -0.455 e. The van der Waals surface area contributed by atoms with Crippen molar-refractivity contribution in [2.24, 2.45) is 5.41 Å². The van der Waals surface area contributed by atoms with Crippen LogP contribution in [0.5, 0.6) is 11.5 Å². The molecule has 0 bridgehead atoms. The third kappa shape index (κ3) is 11.7.